The van der Waals surface area contributed by atoms with E-state index in [2.05, 4.69) is 5.32 Å². The van der Waals surface area contributed by atoms with Gasteiger partial charge < -0.3 is 10.2 Å². The average Bonchev–Trinajstić information content (AvgIpc) is 3.03. The van der Waals surface area contributed by atoms with Gasteiger partial charge in [0.05, 0.1) is 5.75 Å². The number of hydrogen-bond acceptors (Lipinski definition) is 3. The highest BCUT2D eigenvalue weighted by atomic mass is 35.5. The molecule has 1 heterocycles. The maximum Gasteiger partial charge on any atom is 0.234 e. The number of carbonyl (C=O) groups is 2. The third kappa shape index (κ3) is 4.77. The summed E-state index contributed by atoms with van der Waals surface area (Å²) in [5.41, 5.74) is 2.65. The van der Waals surface area contributed by atoms with Crippen LogP contribution in [0.5, 0.6) is 0 Å². The Morgan fingerprint density at radius 3 is 2.60 bits per heavy atom. The van der Waals surface area contributed by atoms with Crippen LogP contribution in [0.3, 0.4) is 0 Å². The molecule has 1 aliphatic rings. The monoisotopic (exact) mass is 374 g/mol. The average molecular weight is 375 g/mol. The molecule has 2 aromatic rings. The van der Waals surface area contributed by atoms with Crippen molar-refractivity contribution in [2.75, 3.05) is 22.5 Å². The van der Waals surface area contributed by atoms with E-state index in [-0.39, 0.29) is 11.8 Å². The normalized spacial score (nSPS) is 14.0. The third-order valence-electron chi connectivity index (χ3n) is 3.98. The van der Waals surface area contributed by atoms with Crippen molar-refractivity contribution >= 4 is 46.6 Å². The highest BCUT2D eigenvalue weighted by Crippen LogP contribution is 2.24. The van der Waals surface area contributed by atoms with Gasteiger partial charge in [-0.3, -0.25) is 9.59 Å². The molecular weight excluding hydrogens is 356 g/mol. The number of nitrogens with zero attached hydrogens (tertiary/aromatic N) is 1. The summed E-state index contributed by atoms with van der Waals surface area (Å²) in [6.45, 7) is 0.767. The topological polar surface area (TPSA) is 49.4 Å². The maximum absolute atomic E-state index is 12.1. The van der Waals surface area contributed by atoms with Gasteiger partial charge in [0.1, 0.15) is 0 Å². The lowest BCUT2D eigenvalue weighted by Crippen LogP contribution is -2.23. The number of rotatable bonds is 6. The first-order valence-electron chi connectivity index (χ1n) is 8.15. The van der Waals surface area contributed by atoms with Crippen LogP contribution in [0.2, 0.25) is 5.02 Å². The van der Waals surface area contributed by atoms with Crippen LogP contribution in [-0.4, -0.2) is 24.1 Å². The molecule has 6 heteroatoms. The van der Waals surface area contributed by atoms with E-state index >= 15 is 0 Å². The third-order valence-corrected chi connectivity index (χ3v) is 5.33. The fourth-order valence-electron chi connectivity index (χ4n) is 2.71. The minimum Gasteiger partial charge on any atom is -0.325 e. The Balaban J connectivity index is 1.48. The minimum atomic E-state index is -0.0537. The smallest absolute Gasteiger partial charge is 0.234 e. The molecule has 0 spiro atoms. The maximum atomic E-state index is 12.1. The molecule has 130 valence electrons. The summed E-state index contributed by atoms with van der Waals surface area (Å²) in [7, 11) is 0. The van der Waals surface area contributed by atoms with Crippen molar-refractivity contribution in [3.8, 4) is 0 Å². The molecule has 0 atom stereocenters. The Kier molecular flexibility index (Phi) is 6.00. The molecule has 2 amide bonds. The van der Waals surface area contributed by atoms with Crippen LogP contribution in [-0.2, 0) is 15.3 Å². The summed E-state index contributed by atoms with van der Waals surface area (Å²) in [5.74, 6) is 1.16. The second kappa shape index (κ2) is 8.41. The van der Waals surface area contributed by atoms with Gasteiger partial charge in [-0.1, -0.05) is 29.8 Å². The van der Waals surface area contributed by atoms with Crippen molar-refractivity contribution < 1.29 is 9.59 Å². The summed E-state index contributed by atoms with van der Waals surface area (Å²) in [6, 6.07) is 15.0. The molecule has 0 aromatic heterocycles. The van der Waals surface area contributed by atoms with Gasteiger partial charge >= 0.3 is 0 Å². The van der Waals surface area contributed by atoms with Crippen LogP contribution in [0.1, 0.15) is 18.4 Å². The molecule has 0 radical (unpaired) electrons. The van der Waals surface area contributed by atoms with Gasteiger partial charge in [0, 0.05) is 35.1 Å². The fraction of sp³-hybridized carbons (Fsp3) is 0.263. The van der Waals surface area contributed by atoms with Crippen LogP contribution in [0.4, 0.5) is 11.4 Å². The molecular formula is C19H19ClN2O2S. The van der Waals surface area contributed by atoms with Crippen molar-refractivity contribution in [3.63, 3.8) is 0 Å². The highest BCUT2D eigenvalue weighted by molar-refractivity contribution is 7.99. The van der Waals surface area contributed by atoms with Gasteiger partial charge in [0.2, 0.25) is 11.8 Å². The zero-order valence-corrected chi connectivity index (χ0v) is 15.3. The standard InChI is InChI=1S/C19H19ClN2O2S/c20-17-5-2-1-4-14(17)12-25-13-18(23)21-15-7-9-16(10-8-15)22-11-3-6-19(22)24/h1-2,4-5,7-10H,3,6,11-13H2,(H,21,23). The van der Waals surface area contributed by atoms with E-state index in [1.54, 1.807) is 4.90 Å². The quantitative estimate of drug-likeness (QED) is 0.818. The number of nitrogens with one attached hydrogen (secondary N) is 1. The Bertz CT molecular complexity index is 764. The van der Waals surface area contributed by atoms with E-state index in [0.29, 0.717) is 17.9 Å². The number of anilines is 2. The molecule has 4 nitrogen and oxygen atoms in total. The van der Waals surface area contributed by atoms with Crippen LogP contribution < -0.4 is 10.2 Å². The zero-order chi connectivity index (χ0) is 17.6. The van der Waals surface area contributed by atoms with Gasteiger partial charge in [-0.25, -0.2) is 0 Å². The van der Waals surface area contributed by atoms with Crippen LogP contribution in [0.25, 0.3) is 0 Å². The molecule has 0 unspecified atom stereocenters. The van der Waals surface area contributed by atoms with Gasteiger partial charge in [-0.15, -0.1) is 11.8 Å². The van der Waals surface area contributed by atoms with Crippen LogP contribution in [0.15, 0.2) is 48.5 Å². The summed E-state index contributed by atoms with van der Waals surface area (Å²) in [5, 5.41) is 3.60. The van der Waals surface area contributed by atoms with Gasteiger partial charge in [-0.05, 0) is 42.3 Å². The van der Waals surface area contributed by atoms with Crippen LogP contribution in [0, 0.1) is 0 Å². The summed E-state index contributed by atoms with van der Waals surface area (Å²) in [4.78, 5) is 25.6. The van der Waals surface area contributed by atoms with Crippen LogP contribution >= 0.6 is 23.4 Å². The number of benzene rings is 2. The summed E-state index contributed by atoms with van der Waals surface area (Å²) < 4.78 is 0. The highest BCUT2D eigenvalue weighted by Gasteiger charge is 2.21. The molecule has 25 heavy (non-hydrogen) atoms. The molecule has 1 saturated heterocycles. The molecule has 2 aromatic carbocycles. The lowest BCUT2D eigenvalue weighted by atomic mass is 10.2. The van der Waals surface area contributed by atoms with E-state index in [0.717, 1.165) is 34.9 Å². The molecule has 1 fully saturated rings. The molecule has 3 rings (SSSR count). The Morgan fingerprint density at radius 2 is 1.92 bits per heavy atom. The molecule has 0 bridgehead atoms. The fourth-order valence-corrected chi connectivity index (χ4v) is 3.83. The number of halogens is 1. The van der Waals surface area contributed by atoms with Crippen molar-refractivity contribution in [2.24, 2.45) is 0 Å². The first-order chi connectivity index (χ1) is 12.1. The van der Waals surface area contributed by atoms with Gasteiger partial charge in [-0.2, -0.15) is 0 Å². The lowest BCUT2D eigenvalue weighted by Gasteiger charge is -2.16. The van der Waals surface area contributed by atoms with Crippen molar-refractivity contribution in [1.82, 2.24) is 0 Å². The molecule has 0 saturated carbocycles. The molecule has 1 aliphatic heterocycles. The van der Waals surface area contributed by atoms with E-state index in [1.807, 2.05) is 48.5 Å². The Labute approximate surface area is 156 Å². The van der Waals surface area contributed by atoms with Crippen molar-refractivity contribution in [2.45, 2.75) is 18.6 Å². The molecule has 1 N–H and O–H groups in total. The lowest BCUT2D eigenvalue weighted by molar-refractivity contribution is -0.117. The number of thioether (sulfide) groups is 1. The van der Waals surface area contributed by atoms with Crippen molar-refractivity contribution in [3.05, 3.63) is 59.1 Å². The van der Waals surface area contributed by atoms with E-state index < -0.39 is 0 Å². The molecule has 0 aliphatic carbocycles. The number of carbonyl (C=O) groups excluding carboxylic acids is 2. The van der Waals surface area contributed by atoms with E-state index in [1.165, 1.54) is 11.8 Å². The zero-order valence-electron chi connectivity index (χ0n) is 13.7. The van der Waals surface area contributed by atoms with Crippen molar-refractivity contribution in [1.29, 1.82) is 0 Å². The van der Waals surface area contributed by atoms with E-state index in [9.17, 15) is 9.59 Å². The minimum absolute atomic E-state index is 0.0537. The predicted octanol–water partition coefficient (Wildman–Crippen LogP) is 4.34. The SMILES string of the molecule is O=C(CSCc1ccccc1Cl)Nc1ccc(N2CCCC2=O)cc1. The first kappa shape index (κ1) is 17.8. The second-order valence-electron chi connectivity index (χ2n) is 5.83. The van der Waals surface area contributed by atoms with E-state index in [4.69, 9.17) is 11.6 Å². The Hall–Kier alpha value is -1.98. The summed E-state index contributed by atoms with van der Waals surface area (Å²) >= 11 is 7.63. The number of amides is 2. The predicted molar refractivity (Wildman–Crippen MR) is 104 cm³/mol. The Morgan fingerprint density at radius 1 is 1.16 bits per heavy atom. The summed E-state index contributed by atoms with van der Waals surface area (Å²) in [6.07, 6.45) is 1.51. The second-order valence-corrected chi connectivity index (χ2v) is 7.22. The number of hydrogen-bond donors (Lipinski definition) is 1. The van der Waals surface area contributed by atoms with Gasteiger partial charge in [0.25, 0.3) is 0 Å². The van der Waals surface area contributed by atoms with Gasteiger partial charge in [0.15, 0.2) is 0 Å². The largest absolute Gasteiger partial charge is 0.325 e. The first-order valence-corrected chi connectivity index (χ1v) is 9.68.